The molecule has 1 aliphatic heterocycles. The number of esters is 1. The lowest BCUT2D eigenvalue weighted by molar-refractivity contribution is -0.140. The zero-order chi connectivity index (χ0) is 20.1. The SMILES string of the molecule is COC(=O)CCCN1CCCc2nc(-c3ccccc3)c(-c3ccccc3)nc21. The van der Waals surface area contributed by atoms with Crippen LogP contribution in [0.25, 0.3) is 22.5 Å². The van der Waals surface area contributed by atoms with Crippen LogP contribution in [0.3, 0.4) is 0 Å². The number of aromatic nitrogens is 2. The topological polar surface area (TPSA) is 55.3 Å². The summed E-state index contributed by atoms with van der Waals surface area (Å²) in [4.78, 5) is 23.9. The van der Waals surface area contributed by atoms with Gasteiger partial charge in [0.15, 0.2) is 5.82 Å². The minimum absolute atomic E-state index is 0.169. The average Bonchev–Trinajstić information content (AvgIpc) is 2.79. The van der Waals surface area contributed by atoms with Crippen LogP contribution in [-0.4, -0.2) is 36.1 Å². The first-order valence-corrected chi connectivity index (χ1v) is 10.1. The molecule has 5 heteroatoms. The second-order valence-corrected chi connectivity index (χ2v) is 7.19. The molecular weight excluding hydrogens is 362 g/mol. The Balaban J connectivity index is 1.73. The van der Waals surface area contributed by atoms with Crippen LogP contribution in [0.2, 0.25) is 0 Å². The van der Waals surface area contributed by atoms with E-state index in [0.717, 1.165) is 66.4 Å². The van der Waals surface area contributed by atoms with Crippen LogP contribution in [0.15, 0.2) is 60.7 Å². The molecule has 1 aromatic heterocycles. The van der Waals surface area contributed by atoms with Gasteiger partial charge in [-0.1, -0.05) is 60.7 Å². The van der Waals surface area contributed by atoms with E-state index in [4.69, 9.17) is 14.7 Å². The third kappa shape index (κ3) is 4.29. The predicted molar refractivity (Wildman–Crippen MR) is 115 cm³/mol. The van der Waals surface area contributed by atoms with E-state index < -0.39 is 0 Å². The molecule has 0 aliphatic carbocycles. The lowest BCUT2D eigenvalue weighted by atomic mass is 10.0. The fraction of sp³-hybridized carbons (Fsp3) is 0.292. The number of hydrogen-bond donors (Lipinski definition) is 0. The summed E-state index contributed by atoms with van der Waals surface area (Å²) in [6.45, 7) is 1.71. The number of carbonyl (C=O) groups is 1. The van der Waals surface area contributed by atoms with Crippen molar-refractivity contribution in [2.75, 3.05) is 25.1 Å². The van der Waals surface area contributed by atoms with Crippen molar-refractivity contribution >= 4 is 11.8 Å². The van der Waals surface area contributed by atoms with E-state index >= 15 is 0 Å². The normalized spacial score (nSPS) is 13.1. The van der Waals surface area contributed by atoms with Gasteiger partial charge < -0.3 is 9.64 Å². The quantitative estimate of drug-likeness (QED) is 0.582. The summed E-state index contributed by atoms with van der Waals surface area (Å²) >= 11 is 0. The fourth-order valence-corrected chi connectivity index (χ4v) is 3.75. The van der Waals surface area contributed by atoms with Crippen LogP contribution in [0.1, 0.15) is 25.0 Å². The molecule has 0 unspecified atom stereocenters. The minimum Gasteiger partial charge on any atom is -0.469 e. The van der Waals surface area contributed by atoms with Crippen molar-refractivity contribution in [3.05, 3.63) is 66.4 Å². The largest absolute Gasteiger partial charge is 0.469 e. The molecule has 0 saturated carbocycles. The third-order valence-electron chi connectivity index (χ3n) is 5.22. The highest BCUT2D eigenvalue weighted by Crippen LogP contribution is 2.34. The number of aryl methyl sites for hydroxylation is 1. The van der Waals surface area contributed by atoms with Crippen LogP contribution in [0.5, 0.6) is 0 Å². The molecule has 5 nitrogen and oxygen atoms in total. The second kappa shape index (κ2) is 8.86. The first-order chi connectivity index (χ1) is 14.3. The highest BCUT2D eigenvalue weighted by atomic mass is 16.5. The molecule has 3 aromatic rings. The number of benzene rings is 2. The summed E-state index contributed by atoms with van der Waals surface area (Å²) in [6.07, 6.45) is 3.13. The molecule has 0 saturated heterocycles. The third-order valence-corrected chi connectivity index (χ3v) is 5.22. The molecule has 148 valence electrons. The van der Waals surface area contributed by atoms with Crippen LogP contribution in [0.4, 0.5) is 5.82 Å². The van der Waals surface area contributed by atoms with Crippen molar-refractivity contribution in [2.45, 2.75) is 25.7 Å². The van der Waals surface area contributed by atoms with E-state index in [1.165, 1.54) is 7.11 Å². The molecule has 2 aromatic carbocycles. The van der Waals surface area contributed by atoms with E-state index in [1.807, 2.05) is 36.4 Å². The number of nitrogens with zero attached hydrogens (tertiary/aromatic N) is 3. The van der Waals surface area contributed by atoms with Gasteiger partial charge >= 0.3 is 5.97 Å². The summed E-state index contributed by atoms with van der Waals surface area (Å²) in [5.74, 6) is 0.775. The van der Waals surface area contributed by atoms with Crippen molar-refractivity contribution in [1.82, 2.24) is 9.97 Å². The van der Waals surface area contributed by atoms with Gasteiger partial charge in [0, 0.05) is 30.6 Å². The Kier molecular flexibility index (Phi) is 5.84. The summed E-state index contributed by atoms with van der Waals surface area (Å²) in [6, 6.07) is 20.5. The van der Waals surface area contributed by atoms with E-state index in [0.29, 0.717) is 6.42 Å². The molecule has 0 atom stereocenters. The van der Waals surface area contributed by atoms with Crippen molar-refractivity contribution in [2.24, 2.45) is 0 Å². The molecule has 2 heterocycles. The van der Waals surface area contributed by atoms with Crippen molar-refractivity contribution < 1.29 is 9.53 Å². The van der Waals surface area contributed by atoms with E-state index in [-0.39, 0.29) is 5.97 Å². The molecule has 0 amide bonds. The lowest BCUT2D eigenvalue weighted by Gasteiger charge is -2.30. The van der Waals surface area contributed by atoms with Crippen LogP contribution >= 0.6 is 0 Å². The number of anilines is 1. The molecule has 4 rings (SSSR count). The first-order valence-electron chi connectivity index (χ1n) is 10.1. The van der Waals surface area contributed by atoms with Gasteiger partial charge in [-0.15, -0.1) is 0 Å². The van der Waals surface area contributed by atoms with E-state index in [9.17, 15) is 4.79 Å². The molecule has 0 radical (unpaired) electrons. The zero-order valence-electron chi connectivity index (χ0n) is 16.7. The number of rotatable bonds is 6. The molecule has 0 spiro atoms. The van der Waals surface area contributed by atoms with Gasteiger partial charge in [-0.2, -0.15) is 0 Å². The smallest absolute Gasteiger partial charge is 0.305 e. The highest BCUT2D eigenvalue weighted by molar-refractivity contribution is 5.79. The van der Waals surface area contributed by atoms with Crippen LogP contribution < -0.4 is 4.90 Å². The number of hydrogen-bond acceptors (Lipinski definition) is 5. The molecule has 0 N–H and O–H groups in total. The standard InChI is InChI=1S/C24H25N3O2/c1-29-21(28)15-9-17-27-16-8-14-20-24(27)26-23(19-12-6-3-7-13-19)22(25-20)18-10-4-2-5-11-18/h2-7,10-13H,8-9,14-17H2,1H3. The number of methoxy groups -OCH3 is 1. The first kappa shape index (κ1) is 19.1. The number of fused-ring (bicyclic) bond motifs is 1. The molecule has 0 fully saturated rings. The fourth-order valence-electron chi connectivity index (χ4n) is 3.75. The number of ether oxygens (including phenoxy) is 1. The lowest BCUT2D eigenvalue weighted by Crippen LogP contribution is -2.32. The summed E-state index contributed by atoms with van der Waals surface area (Å²) in [5, 5.41) is 0. The Bertz CT molecular complexity index is 974. The highest BCUT2D eigenvalue weighted by Gasteiger charge is 2.23. The zero-order valence-corrected chi connectivity index (χ0v) is 16.7. The van der Waals surface area contributed by atoms with Crippen molar-refractivity contribution in [3.8, 4) is 22.5 Å². The Morgan fingerprint density at radius 3 is 2.21 bits per heavy atom. The number of carbonyl (C=O) groups excluding carboxylic acids is 1. The maximum atomic E-state index is 11.5. The molecule has 29 heavy (non-hydrogen) atoms. The Morgan fingerprint density at radius 2 is 1.59 bits per heavy atom. The van der Waals surface area contributed by atoms with Gasteiger partial charge in [-0.3, -0.25) is 4.79 Å². The minimum atomic E-state index is -0.169. The second-order valence-electron chi connectivity index (χ2n) is 7.19. The average molecular weight is 387 g/mol. The van der Waals surface area contributed by atoms with Gasteiger partial charge in [-0.25, -0.2) is 9.97 Å². The summed E-state index contributed by atoms with van der Waals surface area (Å²) in [5.41, 5.74) is 4.99. The maximum Gasteiger partial charge on any atom is 0.305 e. The Morgan fingerprint density at radius 1 is 0.966 bits per heavy atom. The molecular formula is C24H25N3O2. The van der Waals surface area contributed by atoms with Crippen LogP contribution in [-0.2, 0) is 16.0 Å². The van der Waals surface area contributed by atoms with Gasteiger partial charge in [0.2, 0.25) is 0 Å². The van der Waals surface area contributed by atoms with Crippen molar-refractivity contribution in [3.63, 3.8) is 0 Å². The van der Waals surface area contributed by atoms with Crippen molar-refractivity contribution in [1.29, 1.82) is 0 Å². The monoisotopic (exact) mass is 387 g/mol. The van der Waals surface area contributed by atoms with Gasteiger partial charge in [0.1, 0.15) is 0 Å². The predicted octanol–water partition coefficient (Wildman–Crippen LogP) is 4.52. The van der Waals surface area contributed by atoms with E-state index in [1.54, 1.807) is 0 Å². The maximum absolute atomic E-state index is 11.5. The molecule has 0 bridgehead atoms. The molecule has 1 aliphatic rings. The summed E-state index contributed by atoms with van der Waals surface area (Å²) in [7, 11) is 1.43. The van der Waals surface area contributed by atoms with Gasteiger partial charge in [0.05, 0.1) is 24.2 Å². The summed E-state index contributed by atoms with van der Waals surface area (Å²) < 4.78 is 4.77. The Labute approximate surface area is 171 Å². The van der Waals surface area contributed by atoms with Crippen LogP contribution in [0, 0.1) is 0 Å². The Hall–Kier alpha value is -3.21. The van der Waals surface area contributed by atoms with Gasteiger partial charge in [0.25, 0.3) is 0 Å². The van der Waals surface area contributed by atoms with Gasteiger partial charge in [-0.05, 0) is 19.3 Å². The van der Waals surface area contributed by atoms with E-state index in [2.05, 4.69) is 29.2 Å².